The van der Waals surface area contributed by atoms with Crippen LogP contribution in [-0.4, -0.2) is 22.4 Å². The maximum atomic E-state index is 13.3. The van der Waals surface area contributed by atoms with Gasteiger partial charge in [0, 0.05) is 24.0 Å². The van der Waals surface area contributed by atoms with Gasteiger partial charge in [0.2, 0.25) is 0 Å². The van der Waals surface area contributed by atoms with Crippen molar-refractivity contribution < 1.29 is 9.18 Å². The second kappa shape index (κ2) is 7.95. The summed E-state index contributed by atoms with van der Waals surface area (Å²) in [4.78, 5) is 23.3. The van der Waals surface area contributed by atoms with Gasteiger partial charge in [-0.05, 0) is 56.7 Å². The van der Waals surface area contributed by atoms with Crippen LogP contribution in [0.3, 0.4) is 0 Å². The molecule has 1 amide bonds. The van der Waals surface area contributed by atoms with E-state index in [0.717, 1.165) is 11.3 Å². The van der Waals surface area contributed by atoms with Crippen LogP contribution in [-0.2, 0) is 0 Å². The van der Waals surface area contributed by atoms with Crippen LogP contribution in [0.1, 0.15) is 28.8 Å². The predicted octanol–water partition coefficient (Wildman–Crippen LogP) is 4.64. The summed E-state index contributed by atoms with van der Waals surface area (Å²) in [6.45, 7) is 6.48. The first kappa shape index (κ1) is 18.5. The molecule has 0 spiro atoms. The molecule has 2 aromatic carbocycles. The first-order valence-electron chi connectivity index (χ1n) is 8.73. The van der Waals surface area contributed by atoms with Crippen LogP contribution in [0.4, 0.5) is 21.6 Å². The Morgan fingerprint density at radius 1 is 1.07 bits per heavy atom. The molecule has 0 aliphatic rings. The molecule has 3 rings (SSSR count). The highest BCUT2D eigenvalue weighted by atomic mass is 19.1. The molecule has 0 saturated heterocycles. The number of amides is 1. The number of nitrogens with one attached hydrogen (secondary N) is 1. The van der Waals surface area contributed by atoms with E-state index in [-0.39, 0.29) is 5.69 Å². The molecule has 5 nitrogen and oxygen atoms in total. The lowest BCUT2D eigenvalue weighted by molar-refractivity contribution is 0.102. The highest BCUT2D eigenvalue weighted by Gasteiger charge is 2.15. The van der Waals surface area contributed by atoms with E-state index in [0.29, 0.717) is 23.9 Å². The monoisotopic (exact) mass is 364 g/mol. The number of carbonyl (C=O) groups is 1. The van der Waals surface area contributed by atoms with Crippen LogP contribution >= 0.6 is 0 Å². The first-order chi connectivity index (χ1) is 13.0. The Morgan fingerprint density at radius 2 is 1.85 bits per heavy atom. The number of benzene rings is 2. The van der Waals surface area contributed by atoms with Gasteiger partial charge in [-0.1, -0.05) is 18.2 Å². The lowest BCUT2D eigenvalue weighted by Gasteiger charge is -2.23. The molecule has 1 heterocycles. The van der Waals surface area contributed by atoms with Crippen molar-refractivity contribution in [3.8, 4) is 0 Å². The number of hydrogen-bond donors (Lipinski definition) is 1. The lowest BCUT2D eigenvalue weighted by Crippen LogP contribution is -2.21. The van der Waals surface area contributed by atoms with Crippen LogP contribution < -0.4 is 10.2 Å². The average Bonchev–Trinajstić information content (AvgIpc) is 2.62. The number of aryl methyl sites for hydroxylation is 2. The van der Waals surface area contributed by atoms with Crippen LogP contribution in [0.25, 0.3) is 0 Å². The van der Waals surface area contributed by atoms with Crippen molar-refractivity contribution in [2.75, 3.05) is 16.8 Å². The Balaban J connectivity index is 1.92. The number of hydrogen-bond acceptors (Lipinski definition) is 4. The van der Waals surface area contributed by atoms with Gasteiger partial charge in [-0.3, -0.25) is 4.79 Å². The smallest absolute Gasteiger partial charge is 0.274 e. The Hall–Kier alpha value is -3.28. The predicted molar refractivity (Wildman–Crippen MR) is 105 cm³/mol. The Labute approximate surface area is 157 Å². The molecule has 0 saturated carbocycles. The van der Waals surface area contributed by atoms with Crippen molar-refractivity contribution in [2.45, 2.75) is 20.8 Å². The van der Waals surface area contributed by atoms with Gasteiger partial charge in [-0.25, -0.2) is 14.4 Å². The number of anilines is 3. The summed E-state index contributed by atoms with van der Waals surface area (Å²) in [5.41, 5.74) is 2.74. The fraction of sp³-hybridized carbons (Fsp3) is 0.190. The van der Waals surface area contributed by atoms with Crippen LogP contribution in [0, 0.1) is 19.7 Å². The Kier molecular flexibility index (Phi) is 5.45. The minimum absolute atomic E-state index is 0.230. The van der Waals surface area contributed by atoms with Crippen molar-refractivity contribution in [1.29, 1.82) is 0 Å². The van der Waals surface area contributed by atoms with E-state index in [1.165, 1.54) is 18.2 Å². The van der Waals surface area contributed by atoms with Crippen molar-refractivity contribution in [3.05, 3.63) is 77.5 Å². The fourth-order valence-electron chi connectivity index (χ4n) is 2.84. The molecular formula is C21H21FN4O. The first-order valence-corrected chi connectivity index (χ1v) is 8.73. The quantitative estimate of drug-likeness (QED) is 0.716. The highest BCUT2D eigenvalue weighted by molar-refractivity contribution is 6.03. The standard InChI is InChI=1S/C21H21FN4O/c1-4-26(18-10-5-7-14(2)11-18)20-13-19(23-15(3)24-20)21(27)25-17-9-6-8-16(22)12-17/h5-13H,4H2,1-3H3,(H,25,27). The number of nitrogens with zero attached hydrogens (tertiary/aromatic N) is 3. The molecule has 0 radical (unpaired) electrons. The van der Waals surface area contributed by atoms with E-state index in [4.69, 9.17) is 0 Å². The van der Waals surface area contributed by atoms with Crippen LogP contribution in [0.2, 0.25) is 0 Å². The highest BCUT2D eigenvalue weighted by Crippen LogP contribution is 2.25. The zero-order chi connectivity index (χ0) is 19.4. The molecule has 0 aliphatic carbocycles. The zero-order valence-corrected chi connectivity index (χ0v) is 15.5. The Morgan fingerprint density at radius 3 is 2.56 bits per heavy atom. The molecule has 138 valence electrons. The topological polar surface area (TPSA) is 58.1 Å². The molecule has 1 aromatic heterocycles. The maximum absolute atomic E-state index is 13.3. The minimum atomic E-state index is -0.413. The third-order valence-corrected chi connectivity index (χ3v) is 4.05. The van der Waals surface area contributed by atoms with Gasteiger partial charge in [-0.15, -0.1) is 0 Å². The molecular weight excluding hydrogens is 343 g/mol. The summed E-state index contributed by atoms with van der Waals surface area (Å²) in [6.07, 6.45) is 0. The third kappa shape index (κ3) is 4.47. The second-order valence-electron chi connectivity index (χ2n) is 6.21. The van der Waals surface area contributed by atoms with E-state index in [9.17, 15) is 9.18 Å². The van der Waals surface area contributed by atoms with Crippen molar-refractivity contribution >= 4 is 23.1 Å². The van der Waals surface area contributed by atoms with Gasteiger partial charge in [0.25, 0.3) is 5.91 Å². The molecule has 0 fully saturated rings. The number of halogens is 1. The van der Waals surface area contributed by atoms with Gasteiger partial charge >= 0.3 is 0 Å². The van der Waals surface area contributed by atoms with Gasteiger partial charge in [-0.2, -0.15) is 0 Å². The summed E-state index contributed by atoms with van der Waals surface area (Å²) in [7, 11) is 0. The molecule has 0 bridgehead atoms. The summed E-state index contributed by atoms with van der Waals surface area (Å²) >= 11 is 0. The minimum Gasteiger partial charge on any atom is -0.327 e. The van der Waals surface area contributed by atoms with Gasteiger partial charge in [0.15, 0.2) is 0 Å². The average molecular weight is 364 g/mol. The van der Waals surface area contributed by atoms with E-state index >= 15 is 0 Å². The van der Waals surface area contributed by atoms with E-state index in [1.54, 1.807) is 19.1 Å². The summed E-state index contributed by atoms with van der Waals surface area (Å²) in [6, 6.07) is 15.5. The maximum Gasteiger partial charge on any atom is 0.274 e. The summed E-state index contributed by atoms with van der Waals surface area (Å²) in [5, 5.41) is 2.67. The molecule has 3 aromatic rings. The zero-order valence-electron chi connectivity index (χ0n) is 15.5. The van der Waals surface area contributed by atoms with E-state index < -0.39 is 11.7 Å². The molecule has 6 heteroatoms. The Bertz CT molecular complexity index is 974. The largest absolute Gasteiger partial charge is 0.327 e. The second-order valence-corrected chi connectivity index (χ2v) is 6.21. The van der Waals surface area contributed by atoms with Crippen LogP contribution in [0.5, 0.6) is 0 Å². The van der Waals surface area contributed by atoms with E-state index in [1.807, 2.05) is 36.9 Å². The SMILES string of the molecule is CCN(c1cccc(C)c1)c1cc(C(=O)Nc2cccc(F)c2)nc(C)n1. The van der Waals surface area contributed by atoms with Crippen LogP contribution in [0.15, 0.2) is 54.6 Å². The number of carbonyl (C=O) groups excluding carboxylic acids is 1. The summed E-state index contributed by atoms with van der Waals surface area (Å²) < 4.78 is 13.3. The van der Waals surface area contributed by atoms with Crippen molar-refractivity contribution in [2.24, 2.45) is 0 Å². The van der Waals surface area contributed by atoms with Gasteiger partial charge in [0.05, 0.1) is 0 Å². The molecule has 0 aliphatic heterocycles. The molecule has 27 heavy (non-hydrogen) atoms. The normalized spacial score (nSPS) is 10.5. The third-order valence-electron chi connectivity index (χ3n) is 4.05. The van der Waals surface area contributed by atoms with Gasteiger partial charge < -0.3 is 10.2 Å². The van der Waals surface area contributed by atoms with Crippen molar-refractivity contribution in [3.63, 3.8) is 0 Å². The van der Waals surface area contributed by atoms with Gasteiger partial charge in [0.1, 0.15) is 23.2 Å². The molecule has 0 atom stereocenters. The lowest BCUT2D eigenvalue weighted by atomic mass is 10.2. The van der Waals surface area contributed by atoms with Crippen molar-refractivity contribution in [1.82, 2.24) is 9.97 Å². The fourth-order valence-corrected chi connectivity index (χ4v) is 2.84. The molecule has 1 N–H and O–H groups in total. The number of rotatable bonds is 5. The summed E-state index contributed by atoms with van der Waals surface area (Å²) in [5.74, 6) is 0.305. The number of aromatic nitrogens is 2. The molecule has 0 unspecified atom stereocenters. The van der Waals surface area contributed by atoms with E-state index in [2.05, 4.69) is 21.4 Å².